The first kappa shape index (κ1) is 23.0. The summed E-state index contributed by atoms with van der Waals surface area (Å²) in [7, 11) is 0. The van der Waals surface area contributed by atoms with Crippen molar-refractivity contribution in [3.8, 4) is 11.1 Å². The van der Waals surface area contributed by atoms with Crippen molar-refractivity contribution in [1.82, 2.24) is 20.1 Å². The average Bonchev–Trinajstić information content (AvgIpc) is 3.25. The van der Waals surface area contributed by atoms with Crippen molar-refractivity contribution in [3.05, 3.63) is 71.8 Å². The first-order chi connectivity index (χ1) is 15.8. The zero-order valence-electron chi connectivity index (χ0n) is 19.6. The summed E-state index contributed by atoms with van der Waals surface area (Å²) in [6.07, 6.45) is 5.73. The molecule has 7 heteroatoms. The molecule has 0 bridgehead atoms. The predicted molar refractivity (Wildman–Crippen MR) is 129 cm³/mol. The Labute approximate surface area is 195 Å². The zero-order valence-corrected chi connectivity index (χ0v) is 19.6. The maximum atomic E-state index is 12.5. The molecule has 0 spiro atoms. The van der Waals surface area contributed by atoms with Crippen molar-refractivity contribution in [2.45, 2.75) is 57.6 Å². The van der Waals surface area contributed by atoms with Gasteiger partial charge >= 0.3 is 6.09 Å². The number of pyridine rings is 1. The van der Waals surface area contributed by atoms with Crippen LogP contribution in [0.15, 0.2) is 54.9 Å². The number of aromatic nitrogens is 3. The third kappa shape index (κ3) is 5.60. The number of likely N-dealkylation sites (tertiary alicyclic amines) is 1. The molecule has 1 amide bonds. The molecule has 0 unspecified atom stereocenters. The van der Waals surface area contributed by atoms with Crippen molar-refractivity contribution in [2.24, 2.45) is 5.73 Å². The van der Waals surface area contributed by atoms with Gasteiger partial charge in [-0.3, -0.25) is 10.1 Å². The van der Waals surface area contributed by atoms with Crippen LogP contribution in [0.4, 0.5) is 4.79 Å². The van der Waals surface area contributed by atoms with E-state index in [0.717, 1.165) is 35.4 Å². The molecule has 4 rings (SSSR count). The summed E-state index contributed by atoms with van der Waals surface area (Å²) in [4.78, 5) is 18.4. The molecule has 1 aliphatic heterocycles. The smallest absolute Gasteiger partial charge is 0.410 e. The highest BCUT2D eigenvalue weighted by atomic mass is 16.6. The van der Waals surface area contributed by atoms with E-state index in [9.17, 15) is 4.79 Å². The Bertz CT molecular complexity index is 1050. The first-order valence-corrected chi connectivity index (χ1v) is 11.6. The molecule has 2 aromatic heterocycles. The Morgan fingerprint density at radius 2 is 1.82 bits per heavy atom. The van der Waals surface area contributed by atoms with Crippen molar-refractivity contribution in [3.63, 3.8) is 0 Å². The Hall–Kier alpha value is -3.19. The van der Waals surface area contributed by atoms with Gasteiger partial charge in [-0.25, -0.2) is 4.79 Å². The largest absolute Gasteiger partial charge is 0.444 e. The van der Waals surface area contributed by atoms with Crippen LogP contribution < -0.4 is 5.73 Å². The summed E-state index contributed by atoms with van der Waals surface area (Å²) < 4.78 is 5.55. The van der Waals surface area contributed by atoms with Gasteiger partial charge in [0.15, 0.2) is 0 Å². The minimum Gasteiger partial charge on any atom is -0.444 e. The first-order valence-electron chi connectivity index (χ1n) is 11.6. The van der Waals surface area contributed by atoms with Crippen molar-refractivity contribution in [2.75, 3.05) is 13.1 Å². The molecular weight excluding hydrogens is 414 g/mol. The molecule has 3 aromatic rings. The third-order valence-electron chi connectivity index (χ3n) is 6.00. The topological polar surface area (TPSA) is 97.1 Å². The molecule has 0 saturated carbocycles. The summed E-state index contributed by atoms with van der Waals surface area (Å²) >= 11 is 0. The van der Waals surface area contributed by atoms with Crippen LogP contribution in [-0.2, 0) is 11.2 Å². The van der Waals surface area contributed by atoms with Crippen LogP contribution in [0.3, 0.4) is 0 Å². The van der Waals surface area contributed by atoms with Gasteiger partial charge in [0.05, 0.1) is 11.7 Å². The maximum Gasteiger partial charge on any atom is 0.410 e. The van der Waals surface area contributed by atoms with E-state index in [0.29, 0.717) is 19.5 Å². The van der Waals surface area contributed by atoms with Crippen molar-refractivity contribution in [1.29, 1.82) is 0 Å². The van der Waals surface area contributed by atoms with Gasteiger partial charge in [-0.05, 0) is 63.3 Å². The van der Waals surface area contributed by atoms with Gasteiger partial charge in [0, 0.05) is 42.7 Å². The van der Waals surface area contributed by atoms with E-state index in [1.807, 2.05) is 51.1 Å². The number of aromatic amines is 1. The Balaban J connectivity index is 1.56. The van der Waals surface area contributed by atoms with Gasteiger partial charge in [0.1, 0.15) is 5.60 Å². The quantitative estimate of drug-likeness (QED) is 0.584. The lowest BCUT2D eigenvalue weighted by Crippen LogP contribution is -2.41. The zero-order chi connectivity index (χ0) is 23.4. The number of nitrogens with zero attached hydrogens (tertiary/aromatic N) is 3. The molecule has 1 aliphatic rings. The van der Waals surface area contributed by atoms with Gasteiger partial charge in [0.25, 0.3) is 0 Å². The van der Waals surface area contributed by atoms with E-state index in [1.54, 1.807) is 17.3 Å². The number of benzene rings is 1. The lowest BCUT2D eigenvalue weighted by atomic mass is 9.87. The number of nitrogens with two attached hydrogens (primary N) is 1. The molecule has 3 heterocycles. The highest BCUT2D eigenvalue weighted by Gasteiger charge is 2.31. The number of H-pyrrole nitrogens is 1. The van der Waals surface area contributed by atoms with Gasteiger partial charge in [-0.2, -0.15) is 5.10 Å². The number of amides is 1. The van der Waals surface area contributed by atoms with Crippen LogP contribution in [0, 0.1) is 0 Å². The van der Waals surface area contributed by atoms with Crippen LogP contribution in [0.2, 0.25) is 0 Å². The van der Waals surface area contributed by atoms with Gasteiger partial charge in [0.2, 0.25) is 0 Å². The number of piperidine rings is 1. The molecule has 0 aliphatic carbocycles. The van der Waals surface area contributed by atoms with Crippen LogP contribution in [0.5, 0.6) is 0 Å². The highest BCUT2D eigenvalue weighted by Crippen LogP contribution is 2.38. The summed E-state index contributed by atoms with van der Waals surface area (Å²) in [5.74, 6) is 0.261. The SMILES string of the molecule is CC(C)(C)OC(=O)N1CCC(c2[nH]nc([C@@H](N)Cc3ccccc3)c2-c2ccncc2)CC1. The Kier molecular flexibility index (Phi) is 6.79. The van der Waals surface area contributed by atoms with E-state index in [-0.39, 0.29) is 18.1 Å². The van der Waals surface area contributed by atoms with E-state index in [4.69, 9.17) is 15.6 Å². The van der Waals surface area contributed by atoms with E-state index in [1.165, 1.54) is 5.56 Å². The monoisotopic (exact) mass is 447 g/mol. The summed E-state index contributed by atoms with van der Waals surface area (Å²) in [5, 5.41) is 8.00. The van der Waals surface area contributed by atoms with Crippen LogP contribution in [0.25, 0.3) is 11.1 Å². The number of nitrogens with one attached hydrogen (secondary N) is 1. The van der Waals surface area contributed by atoms with Crippen LogP contribution >= 0.6 is 0 Å². The maximum absolute atomic E-state index is 12.5. The molecule has 7 nitrogen and oxygen atoms in total. The van der Waals surface area contributed by atoms with Gasteiger partial charge in [-0.1, -0.05) is 30.3 Å². The molecular formula is C26H33N5O2. The number of hydrogen-bond donors (Lipinski definition) is 2. The summed E-state index contributed by atoms with van der Waals surface area (Å²) in [5.41, 5.74) is 11.4. The predicted octanol–water partition coefficient (Wildman–Crippen LogP) is 4.83. The number of ether oxygens (including phenoxy) is 1. The second-order valence-corrected chi connectivity index (χ2v) is 9.67. The van der Waals surface area contributed by atoms with Crippen LogP contribution in [-0.4, -0.2) is 44.9 Å². The third-order valence-corrected chi connectivity index (χ3v) is 6.00. The lowest BCUT2D eigenvalue weighted by molar-refractivity contribution is 0.0204. The number of hydrogen-bond acceptors (Lipinski definition) is 5. The van der Waals surface area contributed by atoms with Crippen molar-refractivity contribution >= 4 is 6.09 Å². The molecule has 1 saturated heterocycles. The second-order valence-electron chi connectivity index (χ2n) is 9.67. The fourth-order valence-electron chi connectivity index (χ4n) is 4.40. The fourth-order valence-corrected chi connectivity index (χ4v) is 4.40. The summed E-state index contributed by atoms with van der Waals surface area (Å²) in [6.45, 7) is 6.98. The van der Waals surface area contributed by atoms with Gasteiger partial charge in [-0.15, -0.1) is 0 Å². The number of rotatable bonds is 5. The highest BCUT2D eigenvalue weighted by molar-refractivity contribution is 5.70. The van der Waals surface area contributed by atoms with E-state index >= 15 is 0 Å². The van der Waals surface area contributed by atoms with E-state index < -0.39 is 5.60 Å². The molecule has 1 fully saturated rings. The Morgan fingerprint density at radius 3 is 2.45 bits per heavy atom. The fraction of sp³-hybridized carbons (Fsp3) is 0.423. The number of carbonyl (C=O) groups excluding carboxylic acids is 1. The molecule has 0 radical (unpaired) electrons. The van der Waals surface area contributed by atoms with Crippen LogP contribution in [0.1, 0.15) is 62.5 Å². The average molecular weight is 448 g/mol. The molecule has 1 aromatic carbocycles. The van der Waals surface area contributed by atoms with Gasteiger partial charge < -0.3 is 15.4 Å². The van der Waals surface area contributed by atoms with Crippen molar-refractivity contribution < 1.29 is 9.53 Å². The minimum absolute atomic E-state index is 0.234. The molecule has 33 heavy (non-hydrogen) atoms. The minimum atomic E-state index is -0.490. The Morgan fingerprint density at radius 1 is 1.15 bits per heavy atom. The van der Waals surface area contributed by atoms with E-state index in [2.05, 4.69) is 22.2 Å². The number of carbonyl (C=O) groups is 1. The molecule has 3 N–H and O–H groups in total. The lowest BCUT2D eigenvalue weighted by Gasteiger charge is -2.33. The molecule has 174 valence electrons. The summed E-state index contributed by atoms with van der Waals surface area (Å²) in [6, 6.07) is 14.0. The molecule has 1 atom stereocenters. The normalized spacial score (nSPS) is 15.9. The standard InChI is InChI=1S/C26H33N5O2/c1-26(2,3)33-25(32)31-15-11-20(12-16-31)23-22(19-9-13-28-14-10-19)24(30-29-23)21(27)17-18-7-5-4-6-8-18/h4-10,13-14,20-21H,11-12,15-17,27H2,1-3H3,(H,29,30)/t21-/m0/s1. The second kappa shape index (κ2) is 9.75.